The molecule has 0 amide bonds. The molecule has 0 saturated carbocycles. The van der Waals surface area contributed by atoms with Crippen LogP contribution in [-0.4, -0.2) is 19.6 Å². The van der Waals surface area contributed by atoms with Crippen LogP contribution in [0.15, 0.2) is 62.8 Å². The van der Waals surface area contributed by atoms with Gasteiger partial charge in [-0.05, 0) is 40.2 Å². The molecule has 0 bridgehead atoms. The van der Waals surface area contributed by atoms with Crippen LogP contribution in [0.25, 0.3) is 17.1 Å². The van der Waals surface area contributed by atoms with Crippen molar-refractivity contribution in [1.82, 2.24) is 19.6 Å². The number of benzene rings is 1. The SMILES string of the molecule is Clc1c(CSc2nnc(-c3ccccc3)o2)nc2ccc(Br)cn12. The molecule has 24 heavy (non-hydrogen) atoms. The summed E-state index contributed by atoms with van der Waals surface area (Å²) < 4.78 is 8.46. The first kappa shape index (κ1) is 15.7. The minimum absolute atomic E-state index is 0.489. The lowest BCUT2D eigenvalue weighted by atomic mass is 10.2. The van der Waals surface area contributed by atoms with Gasteiger partial charge in [-0.3, -0.25) is 4.40 Å². The maximum absolute atomic E-state index is 6.40. The van der Waals surface area contributed by atoms with Crippen molar-refractivity contribution in [2.24, 2.45) is 0 Å². The van der Waals surface area contributed by atoms with E-state index in [9.17, 15) is 0 Å². The topological polar surface area (TPSA) is 56.2 Å². The van der Waals surface area contributed by atoms with Crippen molar-refractivity contribution < 1.29 is 4.42 Å². The highest BCUT2D eigenvalue weighted by atomic mass is 79.9. The molecule has 0 unspecified atom stereocenters. The normalized spacial score (nSPS) is 11.2. The largest absolute Gasteiger partial charge is 0.411 e. The average molecular weight is 422 g/mol. The highest BCUT2D eigenvalue weighted by Gasteiger charge is 2.14. The van der Waals surface area contributed by atoms with Gasteiger partial charge in [0.25, 0.3) is 5.22 Å². The van der Waals surface area contributed by atoms with Crippen molar-refractivity contribution in [2.75, 3.05) is 0 Å². The van der Waals surface area contributed by atoms with Crippen LogP contribution in [0, 0.1) is 0 Å². The van der Waals surface area contributed by atoms with E-state index >= 15 is 0 Å². The molecular weight excluding hydrogens is 412 g/mol. The van der Waals surface area contributed by atoms with E-state index in [0.717, 1.165) is 21.4 Å². The number of halogens is 2. The Morgan fingerprint density at radius 3 is 2.79 bits per heavy atom. The molecule has 0 aliphatic carbocycles. The summed E-state index contributed by atoms with van der Waals surface area (Å²) >= 11 is 11.2. The molecule has 0 N–H and O–H groups in total. The van der Waals surface area contributed by atoms with Gasteiger partial charge in [-0.2, -0.15) is 0 Å². The van der Waals surface area contributed by atoms with Crippen LogP contribution in [0.4, 0.5) is 0 Å². The number of imidazole rings is 1. The number of hydrogen-bond acceptors (Lipinski definition) is 5. The third kappa shape index (κ3) is 3.07. The van der Waals surface area contributed by atoms with Crippen molar-refractivity contribution in [1.29, 1.82) is 0 Å². The zero-order valence-corrected chi connectivity index (χ0v) is 15.3. The van der Waals surface area contributed by atoms with Gasteiger partial charge in [0.05, 0.1) is 5.69 Å². The molecule has 120 valence electrons. The lowest BCUT2D eigenvalue weighted by molar-refractivity contribution is 0.466. The Morgan fingerprint density at radius 1 is 1.12 bits per heavy atom. The highest BCUT2D eigenvalue weighted by molar-refractivity contribution is 9.10. The molecule has 4 rings (SSSR count). The Labute approximate surface area is 155 Å². The van der Waals surface area contributed by atoms with Gasteiger partial charge in [-0.15, -0.1) is 10.2 Å². The molecule has 0 fully saturated rings. The van der Waals surface area contributed by atoms with E-state index in [1.807, 2.05) is 53.1 Å². The van der Waals surface area contributed by atoms with Gasteiger partial charge in [0, 0.05) is 22.0 Å². The fourth-order valence-corrected chi connectivity index (χ4v) is 3.58. The van der Waals surface area contributed by atoms with Gasteiger partial charge in [-0.25, -0.2) is 4.98 Å². The van der Waals surface area contributed by atoms with E-state index in [2.05, 4.69) is 31.1 Å². The fraction of sp³-hybridized carbons (Fsp3) is 0.0625. The van der Waals surface area contributed by atoms with E-state index in [-0.39, 0.29) is 0 Å². The molecule has 1 aromatic carbocycles. The zero-order valence-electron chi connectivity index (χ0n) is 12.2. The van der Waals surface area contributed by atoms with Crippen LogP contribution >= 0.6 is 39.3 Å². The molecular formula is C16H10BrClN4OS. The lowest BCUT2D eigenvalue weighted by Gasteiger charge is -1.96. The predicted molar refractivity (Wildman–Crippen MR) is 97.2 cm³/mol. The van der Waals surface area contributed by atoms with Crippen molar-refractivity contribution in [3.8, 4) is 11.5 Å². The summed E-state index contributed by atoms with van der Waals surface area (Å²) in [6.07, 6.45) is 1.89. The second-order valence-electron chi connectivity index (χ2n) is 4.95. The van der Waals surface area contributed by atoms with Crippen molar-refractivity contribution in [3.05, 3.63) is 64.0 Å². The van der Waals surface area contributed by atoms with Crippen LogP contribution in [0.3, 0.4) is 0 Å². The maximum atomic E-state index is 6.40. The van der Waals surface area contributed by atoms with Crippen molar-refractivity contribution in [2.45, 2.75) is 11.0 Å². The minimum Gasteiger partial charge on any atom is -0.411 e. The molecule has 0 aliphatic rings. The number of hydrogen-bond donors (Lipinski definition) is 0. The lowest BCUT2D eigenvalue weighted by Crippen LogP contribution is -1.84. The molecule has 0 radical (unpaired) electrons. The molecule has 0 aliphatic heterocycles. The number of thioether (sulfide) groups is 1. The quantitative estimate of drug-likeness (QED) is 0.429. The van der Waals surface area contributed by atoms with Gasteiger partial charge in [0.2, 0.25) is 5.89 Å². The molecule has 0 atom stereocenters. The third-order valence-corrected chi connectivity index (χ3v) is 5.05. The summed E-state index contributed by atoms with van der Waals surface area (Å²) in [4.78, 5) is 4.53. The van der Waals surface area contributed by atoms with E-state index in [1.165, 1.54) is 11.8 Å². The van der Waals surface area contributed by atoms with Gasteiger partial charge in [0.15, 0.2) is 0 Å². The zero-order chi connectivity index (χ0) is 16.5. The highest BCUT2D eigenvalue weighted by Crippen LogP contribution is 2.29. The standard InChI is InChI=1S/C16H10BrClN4OS/c17-11-6-7-13-19-12(14(18)22(13)8-11)9-24-16-21-20-15(23-16)10-4-2-1-3-5-10/h1-8H,9H2. The second kappa shape index (κ2) is 6.58. The molecule has 0 spiro atoms. The second-order valence-corrected chi connectivity index (χ2v) is 7.15. The number of aromatic nitrogens is 4. The molecule has 3 heterocycles. The van der Waals surface area contributed by atoms with Crippen LogP contribution < -0.4 is 0 Å². The number of rotatable bonds is 4. The molecule has 4 aromatic rings. The van der Waals surface area contributed by atoms with Crippen molar-refractivity contribution in [3.63, 3.8) is 0 Å². The van der Waals surface area contributed by atoms with Gasteiger partial charge in [-0.1, -0.05) is 41.6 Å². The first-order valence-corrected chi connectivity index (χ1v) is 9.20. The average Bonchev–Trinajstić information content (AvgIpc) is 3.19. The first-order valence-electron chi connectivity index (χ1n) is 7.04. The Balaban J connectivity index is 1.53. The van der Waals surface area contributed by atoms with E-state index in [4.69, 9.17) is 16.0 Å². The first-order chi connectivity index (χ1) is 11.7. The monoisotopic (exact) mass is 420 g/mol. The summed E-state index contributed by atoms with van der Waals surface area (Å²) in [5.74, 6) is 1.05. The summed E-state index contributed by atoms with van der Waals surface area (Å²) in [7, 11) is 0. The summed E-state index contributed by atoms with van der Waals surface area (Å²) in [6, 6.07) is 13.5. The number of fused-ring (bicyclic) bond motifs is 1. The molecule has 3 aromatic heterocycles. The Bertz CT molecular complexity index is 1000. The fourth-order valence-electron chi connectivity index (χ4n) is 2.23. The molecule has 0 saturated heterocycles. The van der Waals surface area contributed by atoms with Gasteiger partial charge in [0.1, 0.15) is 10.8 Å². The molecule has 5 nitrogen and oxygen atoms in total. The van der Waals surface area contributed by atoms with E-state index in [0.29, 0.717) is 22.0 Å². The Hall–Kier alpha value is -1.83. The van der Waals surface area contributed by atoms with Crippen LogP contribution in [0.1, 0.15) is 5.69 Å². The number of pyridine rings is 1. The summed E-state index contributed by atoms with van der Waals surface area (Å²) in [5.41, 5.74) is 2.47. The van der Waals surface area contributed by atoms with Crippen LogP contribution in [0.2, 0.25) is 5.15 Å². The van der Waals surface area contributed by atoms with Crippen molar-refractivity contribution >= 4 is 44.9 Å². The maximum Gasteiger partial charge on any atom is 0.277 e. The Morgan fingerprint density at radius 2 is 1.96 bits per heavy atom. The van der Waals surface area contributed by atoms with Gasteiger partial charge >= 0.3 is 0 Å². The van der Waals surface area contributed by atoms with E-state index < -0.39 is 0 Å². The molecule has 8 heteroatoms. The minimum atomic E-state index is 0.489. The number of nitrogens with zero attached hydrogens (tertiary/aromatic N) is 4. The summed E-state index contributed by atoms with van der Waals surface area (Å²) in [6.45, 7) is 0. The van der Waals surface area contributed by atoms with Crippen LogP contribution in [0.5, 0.6) is 0 Å². The smallest absolute Gasteiger partial charge is 0.277 e. The Kier molecular flexibility index (Phi) is 4.30. The third-order valence-electron chi connectivity index (χ3n) is 3.35. The van der Waals surface area contributed by atoms with Gasteiger partial charge < -0.3 is 4.42 Å². The summed E-state index contributed by atoms with van der Waals surface area (Å²) in [5, 5.41) is 9.21. The predicted octanol–water partition coefficient (Wildman–Crippen LogP) is 5.09. The van der Waals surface area contributed by atoms with Crippen LogP contribution in [-0.2, 0) is 5.75 Å². The van der Waals surface area contributed by atoms with E-state index in [1.54, 1.807) is 0 Å².